The van der Waals surface area contributed by atoms with Crippen molar-refractivity contribution in [2.45, 2.75) is 13.0 Å². The third kappa shape index (κ3) is 2.13. The molecular formula is C13H15F2N3. The third-order valence-corrected chi connectivity index (χ3v) is 3.14. The standard InChI is InChI=1S/C13H15F2N3/c1-8-11(7-17-18(8)3)13(16-2)10-6-9(14)4-5-12(10)15/h4-7,13,16H,1-3H3. The number of hydrogen-bond donors (Lipinski definition) is 1. The fourth-order valence-electron chi connectivity index (χ4n) is 2.01. The lowest BCUT2D eigenvalue weighted by molar-refractivity contribution is 0.557. The van der Waals surface area contributed by atoms with Crippen molar-refractivity contribution in [2.24, 2.45) is 7.05 Å². The predicted octanol–water partition coefficient (Wildman–Crippen LogP) is 2.32. The van der Waals surface area contributed by atoms with Gasteiger partial charge in [0.25, 0.3) is 0 Å². The lowest BCUT2D eigenvalue weighted by Gasteiger charge is -2.17. The van der Waals surface area contributed by atoms with Crippen LogP contribution >= 0.6 is 0 Å². The molecule has 0 saturated carbocycles. The van der Waals surface area contributed by atoms with Gasteiger partial charge >= 0.3 is 0 Å². The van der Waals surface area contributed by atoms with Crippen LogP contribution in [-0.4, -0.2) is 16.8 Å². The smallest absolute Gasteiger partial charge is 0.128 e. The number of nitrogens with zero attached hydrogens (tertiary/aromatic N) is 2. The van der Waals surface area contributed by atoms with Crippen molar-refractivity contribution in [1.82, 2.24) is 15.1 Å². The van der Waals surface area contributed by atoms with Gasteiger partial charge in [0, 0.05) is 23.9 Å². The average molecular weight is 251 g/mol. The molecule has 2 rings (SSSR count). The molecular weight excluding hydrogens is 236 g/mol. The van der Waals surface area contributed by atoms with Gasteiger partial charge in [0.05, 0.1) is 12.2 Å². The molecule has 3 nitrogen and oxygen atoms in total. The Morgan fingerprint density at radius 1 is 1.28 bits per heavy atom. The van der Waals surface area contributed by atoms with Crippen LogP contribution in [0, 0.1) is 18.6 Å². The molecule has 96 valence electrons. The van der Waals surface area contributed by atoms with E-state index in [4.69, 9.17) is 0 Å². The van der Waals surface area contributed by atoms with Gasteiger partial charge in [-0.15, -0.1) is 0 Å². The maximum atomic E-state index is 13.8. The lowest BCUT2D eigenvalue weighted by Crippen LogP contribution is -2.19. The molecule has 0 fully saturated rings. The first-order chi connectivity index (χ1) is 8.54. The van der Waals surface area contributed by atoms with Crippen LogP contribution in [0.4, 0.5) is 8.78 Å². The van der Waals surface area contributed by atoms with E-state index in [2.05, 4.69) is 10.4 Å². The summed E-state index contributed by atoms with van der Waals surface area (Å²) in [5.41, 5.74) is 2.04. The Labute approximate surface area is 104 Å². The highest BCUT2D eigenvalue weighted by molar-refractivity contribution is 5.34. The quantitative estimate of drug-likeness (QED) is 0.907. The highest BCUT2D eigenvalue weighted by atomic mass is 19.1. The number of nitrogens with one attached hydrogen (secondary N) is 1. The van der Waals surface area contributed by atoms with Crippen molar-refractivity contribution in [1.29, 1.82) is 0 Å². The number of rotatable bonds is 3. The van der Waals surface area contributed by atoms with E-state index in [1.54, 1.807) is 17.9 Å². The van der Waals surface area contributed by atoms with E-state index in [0.29, 0.717) is 0 Å². The van der Waals surface area contributed by atoms with Crippen LogP contribution in [0.15, 0.2) is 24.4 Å². The number of halogens is 2. The molecule has 0 saturated heterocycles. The molecule has 2 aromatic rings. The maximum Gasteiger partial charge on any atom is 0.128 e. The molecule has 0 radical (unpaired) electrons. The second-order valence-corrected chi connectivity index (χ2v) is 4.20. The van der Waals surface area contributed by atoms with Crippen LogP contribution in [0.3, 0.4) is 0 Å². The first-order valence-corrected chi connectivity index (χ1v) is 5.65. The summed E-state index contributed by atoms with van der Waals surface area (Å²) in [6.07, 6.45) is 1.67. The first-order valence-electron chi connectivity index (χ1n) is 5.65. The molecule has 0 amide bonds. The van der Waals surface area contributed by atoms with Crippen LogP contribution in [0.1, 0.15) is 22.9 Å². The van der Waals surface area contributed by atoms with Crippen LogP contribution in [0.5, 0.6) is 0 Å². The summed E-state index contributed by atoms with van der Waals surface area (Å²) >= 11 is 0. The fourth-order valence-corrected chi connectivity index (χ4v) is 2.01. The minimum Gasteiger partial charge on any atom is -0.309 e. The molecule has 18 heavy (non-hydrogen) atoms. The van der Waals surface area contributed by atoms with Crippen LogP contribution in [-0.2, 0) is 7.05 Å². The predicted molar refractivity (Wildman–Crippen MR) is 65.2 cm³/mol. The minimum absolute atomic E-state index is 0.286. The van der Waals surface area contributed by atoms with Gasteiger partial charge in [0.15, 0.2) is 0 Å². The number of aromatic nitrogens is 2. The van der Waals surface area contributed by atoms with E-state index in [0.717, 1.165) is 23.4 Å². The molecule has 0 spiro atoms. The average Bonchev–Trinajstić information content (AvgIpc) is 2.67. The van der Waals surface area contributed by atoms with Gasteiger partial charge < -0.3 is 5.32 Å². The van der Waals surface area contributed by atoms with Gasteiger partial charge in [0.1, 0.15) is 11.6 Å². The Morgan fingerprint density at radius 2 is 2.00 bits per heavy atom. The van der Waals surface area contributed by atoms with Crippen molar-refractivity contribution in [2.75, 3.05) is 7.05 Å². The molecule has 0 aliphatic rings. The van der Waals surface area contributed by atoms with Crippen molar-refractivity contribution in [3.05, 3.63) is 52.9 Å². The van der Waals surface area contributed by atoms with Gasteiger partial charge in [-0.05, 0) is 32.2 Å². The maximum absolute atomic E-state index is 13.8. The Bertz CT molecular complexity index is 563. The second-order valence-electron chi connectivity index (χ2n) is 4.20. The summed E-state index contributed by atoms with van der Waals surface area (Å²) < 4.78 is 28.8. The SMILES string of the molecule is CNC(c1cc(F)ccc1F)c1cnn(C)c1C. The summed E-state index contributed by atoms with van der Waals surface area (Å²) in [5.74, 6) is -0.882. The highest BCUT2D eigenvalue weighted by Gasteiger charge is 2.20. The molecule has 0 aliphatic carbocycles. The van der Waals surface area contributed by atoms with Crippen molar-refractivity contribution in [3.63, 3.8) is 0 Å². The summed E-state index contributed by atoms with van der Waals surface area (Å²) in [7, 11) is 3.52. The molecule has 1 atom stereocenters. The fraction of sp³-hybridized carbons (Fsp3) is 0.308. The lowest BCUT2D eigenvalue weighted by atomic mass is 9.99. The highest BCUT2D eigenvalue weighted by Crippen LogP contribution is 2.26. The summed E-state index contributed by atoms with van der Waals surface area (Å²) in [4.78, 5) is 0. The Morgan fingerprint density at radius 3 is 2.56 bits per heavy atom. The van der Waals surface area contributed by atoms with E-state index in [-0.39, 0.29) is 5.56 Å². The number of hydrogen-bond acceptors (Lipinski definition) is 2. The summed E-state index contributed by atoms with van der Waals surface area (Å²) in [6, 6.07) is 3.06. The molecule has 1 N–H and O–H groups in total. The Kier molecular flexibility index (Phi) is 3.43. The zero-order valence-corrected chi connectivity index (χ0v) is 10.5. The van der Waals surface area contributed by atoms with Crippen LogP contribution in [0.2, 0.25) is 0 Å². The molecule has 1 heterocycles. The van der Waals surface area contributed by atoms with Gasteiger partial charge in [0.2, 0.25) is 0 Å². The molecule has 1 unspecified atom stereocenters. The zero-order chi connectivity index (χ0) is 13.3. The topological polar surface area (TPSA) is 29.9 Å². The number of benzene rings is 1. The molecule has 1 aromatic heterocycles. The largest absolute Gasteiger partial charge is 0.309 e. The van der Waals surface area contributed by atoms with E-state index in [1.165, 1.54) is 6.07 Å². The summed E-state index contributed by atoms with van der Waals surface area (Å²) in [5, 5.41) is 7.12. The Balaban J connectivity index is 2.51. The summed E-state index contributed by atoms with van der Waals surface area (Å²) in [6.45, 7) is 1.89. The van der Waals surface area contributed by atoms with Gasteiger partial charge in [-0.1, -0.05) is 0 Å². The Hall–Kier alpha value is -1.75. The van der Waals surface area contributed by atoms with E-state index >= 15 is 0 Å². The normalized spacial score (nSPS) is 12.7. The van der Waals surface area contributed by atoms with E-state index < -0.39 is 17.7 Å². The number of aryl methyl sites for hydroxylation is 1. The zero-order valence-electron chi connectivity index (χ0n) is 10.5. The van der Waals surface area contributed by atoms with Crippen LogP contribution in [0.25, 0.3) is 0 Å². The molecule has 0 aliphatic heterocycles. The van der Waals surface area contributed by atoms with Gasteiger partial charge in [-0.3, -0.25) is 4.68 Å². The van der Waals surface area contributed by atoms with Gasteiger partial charge in [-0.2, -0.15) is 5.10 Å². The van der Waals surface area contributed by atoms with Crippen molar-refractivity contribution >= 4 is 0 Å². The van der Waals surface area contributed by atoms with Gasteiger partial charge in [-0.25, -0.2) is 8.78 Å². The van der Waals surface area contributed by atoms with Crippen molar-refractivity contribution < 1.29 is 8.78 Å². The molecule has 0 bridgehead atoms. The minimum atomic E-state index is -0.451. The van der Waals surface area contributed by atoms with E-state index in [9.17, 15) is 8.78 Å². The molecule has 1 aromatic carbocycles. The monoisotopic (exact) mass is 251 g/mol. The van der Waals surface area contributed by atoms with E-state index in [1.807, 2.05) is 14.0 Å². The first kappa shape index (κ1) is 12.7. The second kappa shape index (κ2) is 4.86. The molecule has 5 heteroatoms. The third-order valence-electron chi connectivity index (χ3n) is 3.14. The van der Waals surface area contributed by atoms with Crippen molar-refractivity contribution in [3.8, 4) is 0 Å². The van der Waals surface area contributed by atoms with Crippen LogP contribution < -0.4 is 5.32 Å².